The van der Waals surface area contributed by atoms with Crippen LogP contribution in [0.5, 0.6) is 0 Å². The summed E-state index contributed by atoms with van der Waals surface area (Å²) in [5, 5.41) is 17.5. The summed E-state index contributed by atoms with van der Waals surface area (Å²) in [6.45, 7) is 1.68. The van der Waals surface area contributed by atoms with E-state index >= 15 is 0 Å². The van der Waals surface area contributed by atoms with E-state index in [0.717, 1.165) is 48.6 Å². The van der Waals surface area contributed by atoms with E-state index in [-0.39, 0.29) is 5.41 Å². The number of piperidine rings is 1. The van der Waals surface area contributed by atoms with Crippen molar-refractivity contribution in [1.82, 2.24) is 25.6 Å². The molecule has 3 heterocycles. The van der Waals surface area contributed by atoms with E-state index in [1.807, 2.05) is 30.3 Å². The molecular weight excluding hydrogens is 458 g/mol. The molecule has 1 aromatic carbocycles. The highest BCUT2D eigenvalue weighted by Crippen LogP contribution is 2.57. The first-order valence-corrected chi connectivity index (χ1v) is 12.3. The lowest BCUT2D eigenvalue weighted by Gasteiger charge is -2.48. The molecule has 1 aliphatic carbocycles. The standard InChI is InChI=1S/C24H24ClN5O2S/c25-20-7-3-5-17(29-20)15-33-21-14-27-19(13-28-21)24(30-22(31)32)18-6-2-1-4-16(18)12-23(24)8-10-26-11-9-23/h1-7,13-14,26,30H,8-12,15H2,(H,31,32)/t24-/m1/s1. The molecule has 1 fully saturated rings. The number of rotatable bonds is 5. The Kier molecular flexibility index (Phi) is 5.99. The lowest BCUT2D eigenvalue weighted by molar-refractivity contribution is 0.0820. The Bertz CT molecular complexity index is 1170. The molecule has 170 valence electrons. The molecule has 5 rings (SSSR count). The average Bonchev–Trinajstić information content (AvgIpc) is 3.07. The van der Waals surface area contributed by atoms with Gasteiger partial charge in [0.2, 0.25) is 0 Å². The molecule has 9 heteroatoms. The van der Waals surface area contributed by atoms with Crippen molar-refractivity contribution in [3.63, 3.8) is 0 Å². The van der Waals surface area contributed by atoms with Gasteiger partial charge >= 0.3 is 6.09 Å². The smallest absolute Gasteiger partial charge is 0.405 e. The number of halogens is 1. The van der Waals surface area contributed by atoms with Crippen LogP contribution in [0.1, 0.15) is 35.4 Å². The molecule has 1 atom stereocenters. The highest BCUT2D eigenvalue weighted by Gasteiger charge is 2.60. The molecule has 3 N–H and O–H groups in total. The van der Waals surface area contributed by atoms with E-state index in [9.17, 15) is 9.90 Å². The first kappa shape index (κ1) is 22.1. The minimum atomic E-state index is -1.06. The number of carboxylic acid groups (broad SMARTS) is 1. The molecule has 0 unspecified atom stereocenters. The van der Waals surface area contributed by atoms with Crippen LogP contribution >= 0.6 is 23.4 Å². The first-order chi connectivity index (χ1) is 16.0. The van der Waals surface area contributed by atoms with Gasteiger partial charge in [0.25, 0.3) is 0 Å². The summed E-state index contributed by atoms with van der Waals surface area (Å²) in [5.41, 5.74) is 2.41. The van der Waals surface area contributed by atoms with Crippen LogP contribution in [-0.4, -0.2) is 39.2 Å². The van der Waals surface area contributed by atoms with Gasteiger partial charge in [-0.25, -0.2) is 14.8 Å². The number of aromatic nitrogens is 3. The highest BCUT2D eigenvalue weighted by atomic mass is 35.5. The Morgan fingerprint density at radius 3 is 2.67 bits per heavy atom. The van der Waals surface area contributed by atoms with E-state index < -0.39 is 11.6 Å². The second-order valence-corrected chi connectivity index (χ2v) is 9.91. The van der Waals surface area contributed by atoms with Crippen molar-refractivity contribution < 1.29 is 9.90 Å². The number of carbonyl (C=O) groups is 1. The third-order valence-electron chi connectivity index (χ3n) is 6.75. The molecular formula is C24H24ClN5O2S. The van der Waals surface area contributed by atoms with E-state index in [4.69, 9.17) is 16.6 Å². The molecule has 7 nitrogen and oxygen atoms in total. The predicted octanol–water partition coefficient (Wildman–Crippen LogP) is 4.25. The summed E-state index contributed by atoms with van der Waals surface area (Å²) in [4.78, 5) is 25.9. The van der Waals surface area contributed by atoms with E-state index in [1.165, 1.54) is 17.3 Å². The minimum Gasteiger partial charge on any atom is -0.465 e. The normalized spacial score (nSPS) is 21.0. The monoisotopic (exact) mass is 481 g/mol. The fourth-order valence-corrected chi connectivity index (χ4v) is 6.27. The van der Waals surface area contributed by atoms with Crippen molar-refractivity contribution in [2.45, 2.75) is 35.6 Å². The summed E-state index contributed by atoms with van der Waals surface area (Å²) in [6, 6.07) is 13.6. The summed E-state index contributed by atoms with van der Waals surface area (Å²) >= 11 is 7.50. The molecule has 2 aliphatic rings. The number of amides is 1. The number of nitrogens with one attached hydrogen (secondary N) is 2. The van der Waals surface area contributed by atoms with Crippen molar-refractivity contribution in [3.8, 4) is 0 Å². The van der Waals surface area contributed by atoms with Gasteiger partial charge in [-0.15, -0.1) is 0 Å². The number of fused-ring (bicyclic) bond motifs is 1. The zero-order chi connectivity index (χ0) is 22.9. The van der Waals surface area contributed by atoms with Gasteiger partial charge in [-0.05, 0) is 55.6 Å². The van der Waals surface area contributed by atoms with Crippen molar-refractivity contribution in [2.75, 3.05) is 13.1 Å². The second kappa shape index (κ2) is 8.93. The third kappa shape index (κ3) is 3.96. The number of nitrogens with zero attached hydrogens (tertiary/aromatic N) is 3. The largest absolute Gasteiger partial charge is 0.465 e. The lowest BCUT2D eigenvalue weighted by Crippen LogP contribution is -2.59. The van der Waals surface area contributed by atoms with Gasteiger partial charge in [0.05, 0.1) is 23.8 Å². The van der Waals surface area contributed by atoms with Crippen molar-refractivity contribution in [3.05, 3.63) is 82.5 Å². The van der Waals surface area contributed by atoms with E-state index in [1.54, 1.807) is 18.5 Å². The SMILES string of the molecule is O=C(O)N[C@@]1(c2cnc(SCc3cccc(Cl)n3)cn2)c2ccccc2CC12CCNCC2. The Hall–Kier alpha value is -2.68. The zero-order valence-corrected chi connectivity index (χ0v) is 19.5. The van der Waals surface area contributed by atoms with E-state index in [0.29, 0.717) is 16.6 Å². The maximum Gasteiger partial charge on any atom is 0.405 e. The van der Waals surface area contributed by atoms with Crippen LogP contribution < -0.4 is 10.6 Å². The van der Waals surface area contributed by atoms with Crippen molar-refractivity contribution in [1.29, 1.82) is 0 Å². The molecule has 1 amide bonds. The van der Waals surface area contributed by atoms with Gasteiger partial charge in [-0.1, -0.05) is 53.7 Å². The van der Waals surface area contributed by atoms with Gasteiger partial charge < -0.3 is 15.7 Å². The summed E-state index contributed by atoms with van der Waals surface area (Å²) in [7, 11) is 0. The molecule has 2 aromatic heterocycles. The molecule has 0 radical (unpaired) electrons. The van der Waals surface area contributed by atoms with Gasteiger partial charge in [-0.3, -0.25) is 4.98 Å². The molecule has 0 bridgehead atoms. The molecule has 0 saturated carbocycles. The van der Waals surface area contributed by atoms with Gasteiger partial charge in [0, 0.05) is 11.2 Å². The summed E-state index contributed by atoms with van der Waals surface area (Å²) < 4.78 is 0. The summed E-state index contributed by atoms with van der Waals surface area (Å²) in [6.07, 6.45) is 4.91. The van der Waals surface area contributed by atoms with Crippen LogP contribution in [0, 0.1) is 5.41 Å². The Balaban J connectivity index is 1.52. The van der Waals surface area contributed by atoms with Crippen molar-refractivity contribution in [2.24, 2.45) is 5.41 Å². The Morgan fingerprint density at radius 2 is 1.94 bits per heavy atom. The lowest BCUT2D eigenvalue weighted by atomic mass is 9.63. The number of pyridine rings is 1. The maximum atomic E-state index is 12.1. The quantitative estimate of drug-likeness (QED) is 0.370. The number of thioether (sulfide) groups is 1. The van der Waals surface area contributed by atoms with Gasteiger partial charge in [0.1, 0.15) is 15.7 Å². The Morgan fingerprint density at radius 1 is 1.12 bits per heavy atom. The maximum absolute atomic E-state index is 12.1. The van der Waals surface area contributed by atoms with Gasteiger partial charge in [-0.2, -0.15) is 0 Å². The highest BCUT2D eigenvalue weighted by molar-refractivity contribution is 7.98. The third-order valence-corrected chi connectivity index (χ3v) is 7.91. The summed E-state index contributed by atoms with van der Waals surface area (Å²) in [5.74, 6) is 0.617. The number of benzene rings is 1. The Labute approximate surface area is 201 Å². The topological polar surface area (TPSA) is 100 Å². The van der Waals surface area contributed by atoms with Crippen LogP contribution in [0.25, 0.3) is 0 Å². The van der Waals surface area contributed by atoms with Crippen LogP contribution in [0.15, 0.2) is 59.9 Å². The predicted molar refractivity (Wildman–Crippen MR) is 127 cm³/mol. The second-order valence-electron chi connectivity index (χ2n) is 8.52. The van der Waals surface area contributed by atoms with Crippen molar-refractivity contribution >= 4 is 29.5 Å². The fourth-order valence-electron chi connectivity index (χ4n) is 5.38. The van der Waals surface area contributed by atoms with Gasteiger partial charge in [0.15, 0.2) is 0 Å². The van der Waals surface area contributed by atoms with Crippen LogP contribution in [0.4, 0.5) is 4.79 Å². The van der Waals surface area contributed by atoms with E-state index in [2.05, 4.69) is 26.7 Å². The molecule has 3 aromatic rings. The zero-order valence-electron chi connectivity index (χ0n) is 17.9. The van der Waals surface area contributed by atoms with Crippen LogP contribution in [0.2, 0.25) is 5.15 Å². The van der Waals surface area contributed by atoms with Crippen LogP contribution in [-0.2, 0) is 17.7 Å². The molecule has 1 spiro atoms. The average molecular weight is 482 g/mol. The minimum absolute atomic E-state index is 0.297. The number of hydrogen-bond acceptors (Lipinski definition) is 6. The first-order valence-electron chi connectivity index (χ1n) is 10.9. The molecule has 1 saturated heterocycles. The molecule has 1 aliphatic heterocycles. The number of hydrogen-bond donors (Lipinski definition) is 3. The van der Waals surface area contributed by atoms with Crippen LogP contribution in [0.3, 0.4) is 0 Å². The fraction of sp³-hybridized carbons (Fsp3) is 0.333. The molecule has 33 heavy (non-hydrogen) atoms.